The number of thiazole rings is 1. The molecular weight excluding hydrogens is 713 g/mol. The van der Waals surface area contributed by atoms with Crippen molar-refractivity contribution in [2.75, 3.05) is 13.2 Å². The number of carbonyl (C=O) groups is 4. The smallest absolute Gasteiger partial charge is 0.343 e. The zero-order valence-electron chi connectivity index (χ0n) is 29.5. The van der Waals surface area contributed by atoms with E-state index >= 15 is 0 Å². The first kappa shape index (κ1) is 38.5. The highest BCUT2D eigenvalue weighted by molar-refractivity contribution is 7.22. The summed E-state index contributed by atoms with van der Waals surface area (Å²) in [6.45, 7) is 12.0. The van der Waals surface area contributed by atoms with Gasteiger partial charge < -0.3 is 28.4 Å². The number of benzene rings is 4. The SMILES string of the molecule is C=CC(=O)OCC(COc1ccc(C(=O)Oc2ccc(OC(=O)c3ccc(OC(C)(C)C)cc3)c3sc(-c4ccc(C#N)cc4)nc23)cc1)OC(=O)C=C. The number of hydrogen-bond donors (Lipinski definition) is 0. The van der Waals surface area contributed by atoms with Crippen LogP contribution in [-0.2, 0) is 19.1 Å². The summed E-state index contributed by atoms with van der Waals surface area (Å²) in [6, 6.07) is 24.5. The van der Waals surface area contributed by atoms with E-state index in [0.29, 0.717) is 37.9 Å². The molecule has 0 aliphatic rings. The Morgan fingerprint density at radius 1 is 0.778 bits per heavy atom. The molecule has 1 aromatic heterocycles. The van der Waals surface area contributed by atoms with Crippen LogP contribution in [0.2, 0.25) is 0 Å². The van der Waals surface area contributed by atoms with Crippen LogP contribution in [0.3, 0.4) is 0 Å². The molecule has 0 aliphatic carbocycles. The molecule has 0 bridgehead atoms. The second-order valence-corrected chi connectivity index (χ2v) is 13.4. The van der Waals surface area contributed by atoms with Crippen LogP contribution in [0.5, 0.6) is 23.0 Å². The number of esters is 4. The molecule has 0 aliphatic heterocycles. The molecule has 0 N–H and O–H groups in total. The molecule has 0 saturated heterocycles. The van der Waals surface area contributed by atoms with E-state index in [4.69, 9.17) is 33.4 Å². The number of ether oxygens (including phenoxy) is 6. The van der Waals surface area contributed by atoms with Gasteiger partial charge >= 0.3 is 23.9 Å². The lowest BCUT2D eigenvalue weighted by Gasteiger charge is -2.21. The van der Waals surface area contributed by atoms with Crippen LogP contribution in [0.25, 0.3) is 20.8 Å². The molecule has 1 atom stereocenters. The van der Waals surface area contributed by atoms with Crippen molar-refractivity contribution in [1.82, 2.24) is 4.98 Å². The van der Waals surface area contributed by atoms with Crippen molar-refractivity contribution >= 4 is 45.4 Å². The maximum absolute atomic E-state index is 13.3. The van der Waals surface area contributed by atoms with Crippen LogP contribution in [0.4, 0.5) is 0 Å². The third kappa shape index (κ3) is 10.2. The van der Waals surface area contributed by atoms with Gasteiger partial charge in [-0.15, -0.1) is 11.3 Å². The van der Waals surface area contributed by atoms with Gasteiger partial charge in [0.2, 0.25) is 0 Å². The molecule has 0 radical (unpaired) electrons. The summed E-state index contributed by atoms with van der Waals surface area (Å²) in [5.74, 6) is -1.46. The van der Waals surface area contributed by atoms with Crippen LogP contribution < -0.4 is 18.9 Å². The third-order valence-corrected chi connectivity index (χ3v) is 8.32. The van der Waals surface area contributed by atoms with Gasteiger partial charge in [-0.05, 0) is 93.6 Å². The minimum Gasteiger partial charge on any atom is -0.490 e. The summed E-state index contributed by atoms with van der Waals surface area (Å²) in [6.07, 6.45) is 1.02. The number of hydrogen-bond acceptors (Lipinski definition) is 13. The summed E-state index contributed by atoms with van der Waals surface area (Å²) in [5, 5.41) is 9.78. The maximum atomic E-state index is 13.3. The van der Waals surface area contributed by atoms with Crippen molar-refractivity contribution in [3.05, 3.63) is 127 Å². The summed E-state index contributed by atoms with van der Waals surface area (Å²) in [5.41, 5.74) is 1.54. The highest BCUT2D eigenvalue weighted by Gasteiger charge is 2.22. The van der Waals surface area contributed by atoms with Gasteiger partial charge in [-0.25, -0.2) is 24.2 Å². The Hall–Kier alpha value is -6.78. The predicted octanol–water partition coefficient (Wildman–Crippen LogP) is 7.66. The zero-order valence-corrected chi connectivity index (χ0v) is 30.3. The van der Waals surface area contributed by atoms with E-state index in [1.165, 1.54) is 47.7 Å². The normalized spacial score (nSPS) is 11.4. The predicted molar refractivity (Wildman–Crippen MR) is 200 cm³/mol. The summed E-state index contributed by atoms with van der Waals surface area (Å²) in [7, 11) is 0. The largest absolute Gasteiger partial charge is 0.490 e. The standard InChI is InChI=1S/C41H34N2O10S/c1-6-34(44)49-24-31(50-35(45)7-2)23-48-29-16-12-27(13-17-29)39(46)51-32-20-21-33(52-40(47)28-14-18-30(19-15-28)53-41(3,4)5)37-36(32)43-38(54-37)26-10-8-25(22-42)9-11-26/h6-21,31H,1-2,23-24H2,3-5H3. The molecule has 274 valence electrons. The van der Waals surface area contributed by atoms with Crippen molar-refractivity contribution in [2.24, 2.45) is 0 Å². The lowest BCUT2D eigenvalue weighted by atomic mass is 10.1. The van der Waals surface area contributed by atoms with E-state index in [2.05, 4.69) is 19.2 Å². The number of rotatable bonds is 14. The first-order valence-electron chi connectivity index (χ1n) is 16.4. The van der Waals surface area contributed by atoms with Crippen LogP contribution in [0.1, 0.15) is 47.1 Å². The van der Waals surface area contributed by atoms with Gasteiger partial charge in [-0.1, -0.05) is 25.3 Å². The molecule has 1 heterocycles. The topological polar surface area (TPSA) is 160 Å². The average Bonchev–Trinajstić information content (AvgIpc) is 3.63. The van der Waals surface area contributed by atoms with E-state index in [-0.39, 0.29) is 35.8 Å². The highest BCUT2D eigenvalue weighted by atomic mass is 32.1. The molecule has 0 fully saturated rings. The van der Waals surface area contributed by atoms with Gasteiger partial charge in [0.15, 0.2) is 17.6 Å². The van der Waals surface area contributed by atoms with Crippen molar-refractivity contribution in [2.45, 2.75) is 32.5 Å². The Balaban J connectivity index is 1.35. The van der Waals surface area contributed by atoms with E-state index in [1.54, 1.807) is 48.5 Å². The van der Waals surface area contributed by atoms with Crippen molar-refractivity contribution < 1.29 is 47.6 Å². The third-order valence-electron chi connectivity index (χ3n) is 7.20. The first-order valence-corrected chi connectivity index (χ1v) is 17.2. The van der Waals surface area contributed by atoms with Crippen molar-refractivity contribution in [1.29, 1.82) is 5.26 Å². The lowest BCUT2D eigenvalue weighted by molar-refractivity contribution is -0.154. The number of nitriles is 1. The van der Waals surface area contributed by atoms with Gasteiger partial charge in [-0.3, -0.25) is 0 Å². The fourth-order valence-corrected chi connectivity index (χ4v) is 5.74. The first-order chi connectivity index (χ1) is 25.8. The number of carbonyl (C=O) groups excluding carboxylic acids is 4. The molecule has 0 amide bonds. The van der Waals surface area contributed by atoms with Crippen LogP contribution in [0, 0.1) is 11.3 Å². The fraction of sp³-hybridized carbons (Fsp3) is 0.171. The Bertz CT molecular complexity index is 2230. The monoisotopic (exact) mass is 746 g/mol. The summed E-state index contributed by atoms with van der Waals surface area (Å²) in [4.78, 5) is 54.5. The zero-order chi connectivity index (χ0) is 38.8. The maximum Gasteiger partial charge on any atom is 0.343 e. The molecule has 0 spiro atoms. The number of aromatic nitrogens is 1. The van der Waals surface area contributed by atoms with E-state index in [1.807, 2.05) is 20.8 Å². The molecule has 12 nitrogen and oxygen atoms in total. The summed E-state index contributed by atoms with van der Waals surface area (Å²) < 4.78 is 33.8. The minimum absolute atomic E-state index is 0.121. The van der Waals surface area contributed by atoms with Crippen LogP contribution in [0.15, 0.2) is 110 Å². The lowest BCUT2D eigenvalue weighted by Crippen LogP contribution is -2.30. The second-order valence-electron chi connectivity index (χ2n) is 12.4. The van der Waals surface area contributed by atoms with Gasteiger partial charge in [0.05, 0.1) is 22.8 Å². The van der Waals surface area contributed by atoms with Crippen LogP contribution in [-0.4, -0.2) is 53.8 Å². The molecule has 0 saturated carbocycles. The van der Waals surface area contributed by atoms with Crippen molar-refractivity contribution in [3.63, 3.8) is 0 Å². The van der Waals surface area contributed by atoms with Crippen LogP contribution >= 0.6 is 11.3 Å². The molecule has 5 rings (SSSR count). The second kappa shape index (κ2) is 17.2. The van der Waals surface area contributed by atoms with Gasteiger partial charge in [-0.2, -0.15) is 5.26 Å². The van der Waals surface area contributed by atoms with Gasteiger partial charge in [0.25, 0.3) is 0 Å². The fourth-order valence-electron chi connectivity index (χ4n) is 4.70. The summed E-state index contributed by atoms with van der Waals surface area (Å²) >= 11 is 1.23. The Kier molecular flexibility index (Phi) is 12.2. The highest BCUT2D eigenvalue weighted by Crippen LogP contribution is 2.41. The van der Waals surface area contributed by atoms with E-state index < -0.39 is 35.6 Å². The number of nitrogens with zero attached hydrogens (tertiary/aromatic N) is 2. The minimum atomic E-state index is -0.936. The quantitative estimate of drug-likeness (QED) is 0.0621. The number of fused-ring (bicyclic) bond motifs is 1. The van der Waals surface area contributed by atoms with Gasteiger partial charge in [0.1, 0.15) is 45.5 Å². The average molecular weight is 747 g/mol. The van der Waals surface area contributed by atoms with Gasteiger partial charge in [0, 0.05) is 17.7 Å². The molecule has 5 aromatic rings. The van der Waals surface area contributed by atoms with E-state index in [0.717, 1.165) is 12.2 Å². The molecule has 13 heteroatoms. The molecular formula is C41H34N2O10S. The molecule has 54 heavy (non-hydrogen) atoms. The molecule has 4 aromatic carbocycles. The molecule has 1 unspecified atom stereocenters. The Labute approximate surface area is 314 Å². The van der Waals surface area contributed by atoms with Crippen molar-refractivity contribution in [3.8, 4) is 39.6 Å². The Morgan fingerprint density at radius 3 is 1.93 bits per heavy atom. The van der Waals surface area contributed by atoms with E-state index in [9.17, 15) is 24.4 Å². The Morgan fingerprint density at radius 2 is 1.35 bits per heavy atom.